The maximum atomic E-state index is 6.02. The van der Waals surface area contributed by atoms with Crippen molar-refractivity contribution in [3.05, 3.63) is 28.2 Å². The second-order valence-electron chi connectivity index (χ2n) is 4.93. The van der Waals surface area contributed by atoms with Crippen molar-refractivity contribution in [2.45, 2.75) is 43.5 Å². The van der Waals surface area contributed by atoms with Crippen molar-refractivity contribution in [2.24, 2.45) is 11.7 Å². The number of hydrogen-bond acceptors (Lipinski definition) is 2. The molecule has 1 aromatic carbocycles. The van der Waals surface area contributed by atoms with Crippen molar-refractivity contribution >= 4 is 27.7 Å². The minimum Gasteiger partial charge on any atom is -0.324 e. The van der Waals surface area contributed by atoms with Crippen molar-refractivity contribution < 1.29 is 0 Å². The minimum atomic E-state index is 0.120. The molecular formula is C14H20BrNS. The molecule has 17 heavy (non-hydrogen) atoms. The molecule has 0 amide bonds. The van der Waals surface area contributed by atoms with E-state index < -0.39 is 0 Å². The highest BCUT2D eigenvalue weighted by Crippen LogP contribution is 2.34. The fraction of sp³-hybridized carbons (Fsp3) is 0.571. The molecule has 1 aromatic rings. The monoisotopic (exact) mass is 313 g/mol. The lowest BCUT2D eigenvalue weighted by molar-refractivity contribution is 0.623. The topological polar surface area (TPSA) is 26.0 Å². The van der Waals surface area contributed by atoms with E-state index in [0.29, 0.717) is 0 Å². The zero-order valence-electron chi connectivity index (χ0n) is 10.3. The number of nitrogens with two attached hydrogens (primary N) is 1. The quantitative estimate of drug-likeness (QED) is 0.812. The van der Waals surface area contributed by atoms with Crippen LogP contribution in [0.2, 0.25) is 0 Å². The highest BCUT2D eigenvalue weighted by atomic mass is 79.9. The normalized spacial score (nSPS) is 18.5. The molecule has 0 radical (unpaired) electrons. The number of rotatable bonds is 4. The van der Waals surface area contributed by atoms with E-state index in [1.807, 2.05) is 11.8 Å². The van der Waals surface area contributed by atoms with Crippen LogP contribution in [-0.4, -0.2) is 5.75 Å². The summed E-state index contributed by atoms with van der Waals surface area (Å²) in [6.07, 6.45) is 5.66. The van der Waals surface area contributed by atoms with Gasteiger partial charge in [-0.05, 0) is 43.4 Å². The summed E-state index contributed by atoms with van der Waals surface area (Å²) in [4.78, 5) is 1.35. The second-order valence-corrected chi connectivity index (χ2v) is 6.91. The van der Waals surface area contributed by atoms with Crippen LogP contribution < -0.4 is 5.73 Å². The SMILES string of the molecule is CC(N)c1ccc(Br)cc1SCC1CCCC1. The molecule has 3 heteroatoms. The van der Waals surface area contributed by atoms with Crippen LogP contribution in [0.3, 0.4) is 0 Å². The Hall–Kier alpha value is 0.01000. The van der Waals surface area contributed by atoms with E-state index in [1.165, 1.54) is 41.9 Å². The Morgan fingerprint density at radius 1 is 1.41 bits per heavy atom. The highest BCUT2D eigenvalue weighted by molar-refractivity contribution is 9.10. The van der Waals surface area contributed by atoms with Gasteiger partial charge in [-0.2, -0.15) is 0 Å². The molecule has 0 spiro atoms. The van der Waals surface area contributed by atoms with E-state index >= 15 is 0 Å². The second kappa shape index (κ2) is 6.26. The first-order chi connectivity index (χ1) is 8.16. The molecule has 2 rings (SSSR count). The van der Waals surface area contributed by atoms with Crippen molar-refractivity contribution in [2.75, 3.05) is 5.75 Å². The van der Waals surface area contributed by atoms with Gasteiger partial charge in [0.1, 0.15) is 0 Å². The molecule has 1 fully saturated rings. The molecule has 94 valence electrons. The molecule has 2 N–H and O–H groups in total. The molecule has 0 heterocycles. The van der Waals surface area contributed by atoms with Crippen molar-refractivity contribution in [3.8, 4) is 0 Å². The maximum absolute atomic E-state index is 6.02. The number of thioether (sulfide) groups is 1. The smallest absolute Gasteiger partial charge is 0.0277 e. The van der Waals surface area contributed by atoms with Gasteiger partial charge >= 0.3 is 0 Å². The Labute approximate surface area is 117 Å². The van der Waals surface area contributed by atoms with Crippen LogP contribution in [-0.2, 0) is 0 Å². The van der Waals surface area contributed by atoms with Crippen LogP contribution in [0.25, 0.3) is 0 Å². The molecule has 1 saturated carbocycles. The average Bonchev–Trinajstić information content (AvgIpc) is 2.78. The van der Waals surface area contributed by atoms with Crippen molar-refractivity contribution in [1.29, 1.82) is 0 Å². The predicted molar refractivity (Wildman–Crippen MR) is 79.4 cm³/mol. The maximum Gasteiger partial charge on any atom is 0.0277 e. The standard InChI is InChI=1S/C14H20BrNS/c1-10(16)13-7-6-12(15)8-14(13)17-9-11-4-2-3-5-11/h6-8,10-11H,2-5,9,16H2,1H3. The van der Waals surface area contributed by atoms with Gasteiger partial charge in [0.2, 0.25) is 0 Å². The fourth-order valence-corrected chi connectivity index (χ4v) is 4.29. The van der Waals surface area contributed by atoms with E-state index in [9.17, 15) is 0 Å². The summed E-state index contributed by atoms with van der Waals surface area (Å²) in [6, 6.07) is 6.55. The summed E-state index contributed by atoms with van der Waals surface area (Å²) in [5.41, 5.74) is 7.29. The Kier molecular flexibility index (Phi) is 4.95. The Bertz CT molecular complexity index is 372. The number of hydrogen-bond donors (Lipinski definition) is 1. The van der Waals surface area contributed by atoms with Gasteiger partial charge in [-0.25, -0.2) is 0 Å². The average molecular weight is 314 g/mol. The van der Waals surface area contributed by atoms with Crippen LogP contribution in [0.15, 0.2) is 27.6 Å². The highest BCUT2D eigenvalue weighted by Gasteiger charge is 2.16. The summed E-state index contributed by atoms with van der Waals surface area (Å²) in [6.45, 7) is 2.06. The summed E-state index contributed by atoms with van der Waals surface area (Å²) < 4.78 is 1.15. The lowest BCUT2D eigenvalue weighted by Crippen LogP contribution is -2.07. The van der Waals surface area contributed by atoms with Crippen LogP contribution in [0, 0.1) is 5.92 Å². The molecule has 0 aromatic heterocycles. The first kappa shape index (κ1) is 13.4. The van der Waals surface area contributed by atoms with Crippen LogP contribution >= 0.6 is 27.7 Å². The molecule has 1 aliphatic rings. The van der Waals surface area contributed by atoms with E-state index in [2.05, 4.69) is 41.1 Å². The molecule has 1 aliphatic carbocycles. The molecule has 0 bridgehead atoms. The van der Waals surface area contributed by atoms with Crippen LogP contribution in [0.5, 0.6) is 0 Å². The fourth-order valence-electron chi connectivity index (χ4n) is 2.39. The lowest BCUT2D eigenvalue weighted by Gasteiger charge is -2.14. The van der Waals surface area contributed by atoms with Crippen molar-refractivity contribution in [3.63, 3.8) is 0 Å². The van der Waals surface area contributed by atoms with E-state index in [1.54, 1.807) is 0 Å². The van der Waals surface area contributed by atoms with Gasteiger partial charge in [0.15, 0.2) is 0 Å². The van der Waals surface area contributed by atoms with Gasteiger partial charge in [-0.3, -0.25) is 0 Å². The number of halogens is 1. The molecule has 1 unspecified atom stereocenters. The van der Waals surface area contributed by atoms with E-state index in [4.69, 9.17) is 5.73 Å². The third-order valence-corrected chi connectivity index (χ3v) is 5.21. The molecule has 0 aliphatic heterocycles. The van der Waals surface area contributed by atoms with Crippen LogP contribution in [0.4, 0.5) is 0 Å². The Morgan fingerprint density at radius 3 is 2.76 bits per heavy atom. The molecule has 0 saturated heterocycles. The third-order valence-electron chi connectivity index (χ3n) is 3.42. The summed E-state index contributed by atoms with van der Waals surface area (Å²) >= 11 is 5.52. The van der Waals surface area contributed by atoms with Crippen LogP contribution in [0.1, 0.15) is 44.2 Å². The number of benzene rings is 1. The van der Waals surface area contributed by atoms with Crippen molar-refractivity contribution in [1.82, 2.24) is 0 Å². The summed E-state index contributed by atoms with van der Waals surface area (Å²) in [5.74, 6) is 2.16. The molecule has 1 nitrogen and oxygen atoms in total. The van der Waals surface area contributed by atoms with Gasteiger partial charge in [0, 0.05) is 21.2 Å². The van der Waals surface area contributed by atoms with Gasteiger partial charge in [0.25, 0.3) is 0 Å². The van der Waals surface area contributed by atoms with E-state index in [-0.39, 0.29) is 6.04 Å². The van der Waals surface area contributed by atoms with Gasteiger partial charge < -0.3 is 5.73 Å². The predicted octanol–water partition coefficient (Wildman–Crippen LogP) is 4.75. The summed E-state index contributed by atoms with van der Waals surface area (Å²) in [5, 5.41) is 0. The molecular weight excluding hydrogens is 294 g/mol. The first-order valence-electron chi connectivity index (χ1n) is 6.34. The lowest BCUT2D eigenvalue weighted by atomic mass is 10.1. The largest absolute Gasteiger partial charge is 0.324 e. The minimum absolute atomic E-state index is 0.120. The van der Waals surface area contributed by atoms with E-state index in [0.717, 1.165) is 10.4 Å². The third kappa shape index (κ3) is 3.73. The molecule has 1 atom stereocenters. The van der Waals surface area contributed by atoms with Gasteiger partial charge in [-0.1, -0.05) is 34.8 Å². The Balaban J connectivity index is 2.04. The van der Waals surface area contributed by atoms with Gasteiger partial charge in [-0.15, -0.1) is 11.8 Å². The zero-order chi connectivity index (χ0) is 12.3. The first-order valence-corrected chi connectivity index (χ1v) is 8.12. The summed E-state index contributed by atoms with van der Waals surface area (Å²) in [7, 11) is 0. The van der Waals surface area contributed by atoms with Gasteiger partial charge in [0.05, 0.1) is 0 Å². The zero-order valence-corrected chi connectivity index (χ0v) is 12.7. The Morgan fingerprint density at radius 2 is 2.12 bits per heavy atom.